The summed E-state index contributed by atoms with van der Waals surface area (Å²) >= 11 is 1.68. The third kappa shape index (κ3) is 3.14. The number of hydrogen-bond donors (Lipinski definition) is 1. The van der Waals surface area contributed by atoms with Crippen molar-refractivity contribution < 1.29 is 9.59 Å². The molecule has 24 heavy (non-hydrogen) atoms. The third-order valence-corrected chi connectivity index (χ3v) is 5.49. The number of carbonyl (C=O) groups excluding carboxylic acids is 2. The largest absolute Gasteiger partial charge is 0.344 e. The van der Waals surface area contributed by atoms with Gasteiger partial charge in [-0.15, -0.1) is 11.3 Å². The van der Waals surface area contributed by atoms with Gasteiger partial charge in [-0.25, -0.2) is 4.79 Å². The topological polar surface area (TPSA) is 52.7 Å². The zero-order valence-corrected chi connectivity index (χ0v) is 14.9. The highest BCUT2D eigenvalue weighted by Gasteiger charge is 2.34. The van der Waals surface area contributed by atoms with Gasteiger partial charge in [-0.3, -0.25) is 4.79 Å². The molecule has 1 N–H and O–H groups in total. The van der Waals surface area contributed by atoms with Crippen LogP contribution in [-0.2, 0) is 4.79 Å². The highest BCUT2D eigenvalue weighted by atomic mass is 32.1. The minimum absolute atomic E-state index is 0.00406. The molecule has 0 saturated carbocycles. The van der Waals surface area contributed by atoms with E-state index in [4.69, 9.17) is 0 Å². The van der Waals surface area contributed by atoms with Crippen LogP contribution in [0.4, 0.5) is 10.5 Å². The van der Waals surface area contributed by atoms with Gasteiger partial charge in [0.25, 0.3) is 0 Å². The molecule has 1 atom stereocenters. The zero-order valence-electron chi connectivity index (χ0n) is 14.1. The van der Waals surface area contributed by atoms with Crippen molar-refractivity contribution in [3.05, 3.63) is 41.3 Å². The Bertz CT molecular complexity index is 771. The van der Waals surface area contributed by atoms with Crippen LogP contribution in [0.15, 0.2) is 35.7 Å². The molecule has 0 aliphatic carbocycles. The molecule has 3 rings (SSSR count). The first-order valence-electron chi connectivity index (χ1n) is 7.90. The van der Waals surface area contributed by atoms with Gasteiger partial charge in [-0.2, -0.15) is 0 Å². The fourth-order valence-corrected chi connectivity index (χ4v) is 3.85. The molecular weight excluding hydrogens is 322 g/mol. The first kappa shape index (κ1) is 16.5. The zero-order chi connectivity index (χ0) is 17.3. The number of aryl methyl sites for hydroxylation is 1. The number of thiophene rings is 1. The maximum atomic E-state index is 12.5. The average molecular weight is 343 g/mol. The maximum Gasteiger partial charge on any atom is 0.322 e. The van der Waals surface area contributed by atoms with Crippen molar-refractivity contribution in [2.45, 2.75) is 19.4 Å². The van der Waals surface area contributed by atoms with Crippen molar-refractivity contribution in [3.63, 3.8) is 0 Å². The van der Waals surface area contributed by atoms with Crippen LogP contribution in [0.25, 0.3) is 10.4 Å². The number of rotatable bonds is 3. The van der Waals surface area contributed by atoms with E-state index in [1.165, 1.54) is 15.3 Å². The fourth-order valence-electron chi connectivity index (χ4n) is 2.92. The van der Waals surface area contributed by atoms with Crippen molar-refractivity contribution in [2.24, 2.45) is 0 Å². The molecule has 2 aromatic rings. The van der Waals surface area contributed by atoms with Crippen molar-refractivity contribution in [1.29, 1.82) is 0 Å². The quantitative estimate of drug-likeness (QED) is 0.928. The van der Waals surface area contributed by atoms with E-state index in [9.17, 15) is 9.59 Å². The van der Waals surface area contributed by atoms with E-state index >= 15 is 0 Å². The highest BCUT2D eigenvalue weighted by Crippen LogP contribution is 2.30. The van der Waals surface area contributed by atoms with E-state index in [-0.39, 0.29) is 18.0 Å². The summed E-state index contributed by atoms with van der Waals surface area (Å²) in [4.78, 5) is 28.9. The highest BCUT2D eigenvalue weighted by molar-refractivity contribution is 7.13. The molecule has 5 nitrogen and oxygen atoms in total. The van der Waals surface area contributed by atoms with Crippen molar-refractivity contribution in [1.82, 2.24) is 9.80 Å². The van der Waals surface area contributed by atoms with E-state index in [1.54, 1.807) is 30.3 Å². The SMILES string of the molecule is Cc1ccsc1-c1cccc(NC(=O)N(C)[C@H]2CCN(C)C2=O)c1. The number of benzene rings is 1. The third-order valence-electron chi connectivity index (χ3n) is 4.43. The molecule has 1 aliphatic rings. The molecule has 1 saturated heterocycles. The summed E-state index contributed by atoms with van der Waals surface area (Å²) < 4.78 is 0. The van der Waals surface area contributed by atoms with Crippen LogP contribution in [0.3, 0.4) is 0 Å². The predicted octanol–water partition coefficient (Wildman–Crippen LogP) is 3.42. The van der Waals surface area contributed by atoms with E-state index in [0.29, 0.717) is 13.0 Å². The van der Waals surface area contributed by atoms with Crippen molar-refractivity contribution >= 4 is 29.0 Å². The standard InChI is InChI=1S/C18H21N3O2S/c1-12-8-10-24-16(12)13-5-4-6-14(11-13)19-18(23)21(3)15-7-9-20(2)17(15)22/h4-6,8,10-11,15H,7,9H2,1-3H3,(H,19,23)/t15-/m0/s1. The number of nitrogens with zero attached hydrogens (tertiary/aromatic N) is 2. The second-order valence-electron chi connectivity index (χ2n) is 6.12. The molecule has 0 radical (unpaired) electrons. The summed E-state index contributed by atoms with van der Waals surface area (Å²) in [6.45, 7) is 2.77. The van der Waals surface area contributed by atoms with Crippen LogP contribution >= 0.6 is 11.3 Å². The molecular formula is C18H21N3O2S. The smallest absolute Gasteiger partial charge is 0.322 e. The van der Waals surface area contributed by atoms with Crippen LogP contribution in [0.2, 0.25) is 0 Å². The molecule has 2 heterocycles. The number of likely N-dealkylation sites (N-methyl/N-ethyl adjacent to an activating group) is 2. The Balaban J connectivity index is 1.73. The Morgan fingerprint density at radius 1 is 1.38 bits per heavy atom. The van der Waals surface area contributed by atoms with Gasteiger partial charge in [0.2, 0.25) is 5.91 Å². The lowest BCUT2D eigenvalue weighted by Gasteiger charge is -2.23. The van der Waals surface area contributed by atoms with Gasteiger partial charge in [-0.05, 0) is 48.1 Å². The summed E-state index contributed by atoms with van der Waals surface area (Å²) in [7, 11) is 3.44. The minimum Gasteiger partial charge on any atom is -0.344 e. The first-order valence-corrected chi connectivity index (χ1v) is 8.78. The minimum atomic E-state index is -0.377. The summed E-state index contributed by atoms with van der Waals surface area (Å²) in [5.74, 6) is -0.00406. The van der Waals surface area contributed by atoms with Gasteiger partial charge < -0.3 is 15.1 Å². The number of carbonyl (C=O) groups is 2. The number of likely N-dealkylation sites (tertiary alicyclic amines) is 1. The van der Waals surface area contributed by atoms with Crippen molar-refractivity contribution in [2.75, 3.05) is 26.0 Å². The fraction of sp³-hybridized carbons (Fsp3) is 0.333. The van der Waals surface area contributed by atoms with Crippen LogP contribution in [0, 0.1) is 6.92 Å². The molecule has 1 aliphatic heterocycles. The monoisotopic (exact) mass is 343 g/mol. The predicted molar refractivity (Wildman–Crippen MR) is 97.3 cm³/mol. The Hall–Kier alpha value is -2.34. The molecule has 0 bridgehead atoms. The number of amides is 3. The van der Waals surface area contributed by atoms with E-state index in [2.05, 4.69) is 23.7 Å². The van der Waals surface area contributed by atoms with Gasteiger partial charge in [0.1, 0.15) is 6.04 Å². The Labute approximate surface area is 145 Å². The molecule has 0 unspecified atom stereocenters. The molecule has 1 aromatic carbocycles. The number of anilines is 1. The Kier molecular flexibility index (Phi) is 4.57. The summed E-state index contributed by atoms with van der Waals surface area (Å²) in [5.41, 5.74) is 3.04. The van der Waals surface area contributed by atoms with Crippen LogP contribution in [-0.4, -0.2) is 48.4 Å². The second-order valence-corrected chi connectivity index (χ2v) is 7.03. The molecule has 1 fully saturated rings. The lowest BCUT2D eigenvalue weighted by molar-refractivity contribution is -0.129. The number of hydrogen-bond acceptors (Lipinski definition) is 3. The molecule has 3 amide bonds. The van der Waals surface area contributed by atoms with Gasteiger partial charge in [0.05, 0.1) is 0 Å². The van der Waals surface area contributed by atoms with E-state index < -0.39 is 0 Å². The average Bonchev–Trinajstić information content (AvgIpc) is 3.13. The normalized spacial score (nSPS) is 17.2. The molecule has 126 valence electrons. The summed E-state index contributed by atoms with van der Waals surface area (Å²) in [6.07, 6.45) is 0.674. The first-order chi connectivity index (χ1) is 11.5. The van der Waals surface area contributed by atoms with E-state index in [1.807, 2.05) is 24.3 Å². The van der Waals surface area contributed by atoms with Crippen molar-refractivity contribution in [3.8, 4) is 10.4 Å². The lowest BCUT2D eigenvalue weighted by Crippen LogP contribution is -2.44. The molecule has 6 heteroatoms. The number of urea groups is 1. The van der Waals surface area contributed by atoms with Gasteiger partial charge in [-0.1, -0.05) is 12.1 Å². The summed E-state index contributed by atoms with van der Waals surface area (Å²) in [6, 6.07) is 9.24. The Morgan fingerprint density at radius 3 is 2.79 bits per heavy atom. The van der Waals surface area contributed by atoms with Crippen LogP contribution < -0.4 is 5.32 Å². The number of nitrogens with one attached hydrogen (secondary N) is 1. The molecule has 1 aromatic heterocycles. The molecule has 0 spiro atoms. The van der Waals surface area contributed by atoms with Crippen LogP contribution in [0.1, 0.15) is 12.0 Å². The summed E-state index contributed by atoms with van der Waals surface area (Å²) in [5, 5.41) is 4.96. The van der Waals surface area contributed by atoms with Gasteiger partial charge in [0.15, 0.2) is 0 Å². The Morgan fingerprint density at radius 2 is 2.17 bits per heavy atom. The van der Waals surface area contributed by atoms with Gasteiger partial charge in [0, 0.05) is 31.2 Å². The maximum absolute atomic E-state index is 12.5. The van der Waals surface area contributed by atoms with Crippen LogP contribution in [0.5, 0.6) is 0 Å². The van der Waals surface area contributed by atoms with E-state index in [0.717, 1.165) is 11.3 Å². The van der Waals surface area contributed by atoms with Gasteiger partial charge >= 0.3 is 6.03 Å². The lowest BCUT2D eigenvalue weighted by atomic mass is 10.1. The second kappa shape index (κ2) is 6.65.